The van der Waals surface area contributed by atoms with Gasteiger partial charge in [-0.2, -0.15) is 0 Å². The summed E-state index contributed by atoms with van der Waals surface area (Å²) >= 11 is 0. The normalized spacial score (nSPS) is 11.0. The lowest BCUT2D eigenvalue weighted by Gasteiger charge is -2.11. The van der Waals surface area contributed by atoms with Crippen molar-refractivity contribution in [2.24, 2.45) is 0 Å². The van der Waals surface area contributed by atoms with E-state index in [1.807, 2.05) is 0 Å². The molecule has 0 aliphatic carbocycles. The molecular formula is C18H16O6. The van der Waals surface area contributed by atoms with Gasteiger partial charge in [0.25, 0.3) is 0 Å². The van der Waals surface area contributed by atoms with Crippen molar-refractivity contribution in [2.75, 3.05) is 7.11 Å². The maximum Gasteiger partial charge on any atom is 0.238 e. The minimum atomic E-state index is -0.723. The van der Waals surface area contributed by atoms with Crippen molar-refractivity contribution in [1.82, 2.24) is 0 Å². The number of hydrogen-bond acceptors (Lipinski definition) is 6. The van der Waals surface area contributed by atoms with Crippen molar-refractivity contribution in [3.8, 4) is 34.3 Å². The van der Waals surface area contributed by atoms with Crippen molar-refractivity contribution < 1.29 is 24.5 Å². The molecule has 3 N–H and O–H groups in total. The third-order valence-corrected chi connectivity index (χ3v) is 4.09. The van der Waals surface area contributed by atoms with E-state index in [4.69, 9.17) is 9.15 Å². The predicted molar refractivity (Wildman–Crippen MR) is 88.9 cm³/mol. The maximum absolute atomic E-state index is 12.5. The molecule has 6 heteroatoms. The zero-order chi connectivity index (χ0) is 17.6. The van der Waals surface area contributed by atoms with Crippen LogP contribution in [0, 0.1) is 13.8 Å². The van der Waals surface area contributed by atoms with Gasteiger partial charge in [-0.3, -0.25) is 4.79 Å². The van der Waals surface area contributed by atoms with Gasteiger partial charge < -0.3 is 24.5 Å². The second-order valence-electron chi connectivity index (χ2n) is 5.54. The summed E-state index contributed by atoms with van der Waals surface area (Å²) in [6.07, 6.45) is 0. The molecule has 0 aliphatic rings. The fraction of sp³-hybridized carbons (Fsp3) is 0.167. The van der Waals surface area contributed by atoms with Gasteiger partial charge in [0.1, 0.15) is 16.7 Å². The number of rotatable bonds is 2. The first-order valence-electron chi connectivity index (χ1n) is 7.21. The topological polar surface area (TPSA) is 100 Å². The van der Waals surface area contributed by atoms with Gasteiger partial charge in [0, 0.05) is 5.56 Å². The van der Waals surface area contributed by atoms with E-state index in [0.717, 1.165) is 5.56 Å². The first kappa shape index (κ1) is 15.7. The van der Waals surface area contributed by atoms with E-state index < -0.39 is 11.2 Å². The van der Waals surface area contributed by atoms with Crippen LogP contribution in [-0.2, 0) is 0 Å². The van der Waals surface area contributed by atoms with Crippen LogP contribution in [0.4, 0.5) is 0 Å². The number of benzene rings is 2. The number of fused-ring (bicyclic) bond motifs is 1. The second-order valence-corrected chi connectivity index (χ2v) is 5.54. The van der Waals surface area contributed by atoms with Crippen LogP contribution in [-0.4, -0.2) is 22.4 Å². The Labute approximate surface area is 137 Å². The van der Waals surface area contributed by atoms with E-state index >= 15 is 0 Å². The van der Waals surface area contributed by atoms with Gasteiger partial charge in [0.2, 0.25) is 11.2 Å². The van der Waals surface area contributed by atoms with E-state index in [1.165, 1.54) is 25.3 Å². The molecule has 0 bridgehead atoms. The lowest BCUT2D eigenvalue weighted by Crippen LogP contribution is -2.04. The smallest absolute Gasteiger partial charge is 0.238 e. The molecule has 0 unspecified atom stereocenters. The molecule has 0 fully saturated rings. The van der Waals surface area contributed by atoms with Crippen molar-refractivity contribution >= 4 is 11.0 Å². The van der Waals surface area contributed by atoms with Gasteiger partial charge in [-0.25, -0.2) is 0 Å². The lowest BCUT2D eigenvalue weighted by atomic mass is 10.0. The third-order valence-electron chi connectivity index (χ3n) is 4.09. The fourth-order valence-corrected chi connectivity index (χ4v) is 2.56. The summed E-state index contributed by atoms with van der Waals surface area (Å²) in [5.41, 5.74) is 1.11. The van der Waals surface area contributed by atoms with Crippen molar-refractivity contribution in [2.45, 2.75) is 13.8 Å². The summed E-state index contributed by atoms with van der Waals surface area (Å²) in [4.78, 5) is 12.5. The van der Waals surface area contributed by atoms with Gasteiger partial charge in [0.05, 0.1) is 7.11 Å². The van der Waals surface area contributed by atoms with Crippen LogP contribution in [0.3, 0.4) is 0 Å². The van der Waals surface area contributed by atoms with Crippen LogP contribution in [0.5, 0.6) is 23.0 Å². The summed E-state index contributed by atoms with van der Waals surface area (Å²) in [5, 5.41) is 30.0. The van der Waals surface area contributed by atoms with Gasteiger partial charge in [0.15, 0.2) is 17.3 Å². The molecule has 0 atom stereocenters. The molecule has 24 heavy (non-hydrogen) atoms. The average molecular weight is 328 g/mol. The molecule has 2 aromatic carbocycles. The van der Waals surface area contributed by atoms with Crippen LogP contribution in [0.15, 0.2) is 33.5 Å². The van der Waals surface area contributed by atoms with E-state index in [0.29, 0.717) is 11.1 Å². The third kappa shape index (κ3) is 2.23. The van der Waals surface area contributed by atoms with E-state index in [-0.39, 0.29) is 34.0 Å². The molecule has 3 rings (SSSR count). The fourth-order valence-electron chi connectivity index (χ4n) is 2.56. The minimum Gasteiger partial charge on any atom is -0.507 e. The monoisotopic (exact) mass is 328 g/mol. The lowest BCUT2D eigenvalue weighted by molar-refractivity contribution is 0.373. The Bertz CT molecular complexity index is 1020. The van der Waals surface area contributed by atoms with Gasteiger partial charge in [-0.1, -0.05) is 0 Å². The van der Waals surface area contributed by atoms with E-state index in [2.05, 4.69) is 0 Å². The average Bonchev–Trinajstić information content (AvgIpc) is 2.56. The number of methoxy groups -OCH3 is 1. The van der Waals surface area contributed by atoms with Crippen molar-refractivity contribution in [3.63, 3.8) is 0 Å². The van der Waals surface area contributed by atoms with Crippen LogP contribution >= 0.6 is 0 Å². The maximum atomic E-state index is 12.5. The second kappa shape index (κ2) is 5.49. The van der Waals surface area contributed by atoms with Crippen LogP contribution in [0.2, 0.25) is 0 Å². The highest BCUT2D eigenvalue weighted by Gasteiger charge is 2.20. The Hall–Kier alpha value is -3.15. The number of aryl methyl sites for hydroxylation is 1. The van der Waals surface area contributed by atoms with Crippen LogP contribution < -0.4 is 10.2 Å². The van der Waals surface area contributed by atoms with E-state index in [1.54, 1.807) is 19.9 Å². The molecule has 124 valence electrons. The van der Waals surface area contributed by atoms with Crippen molar-refractivity contribution in [3.05, 3.63) is 45.6 Å². The number of aromatic hydroxyl groups is 3. The number of hydrogen-bond donors (Lipinski definition) is 3. The van der Waals surface area contributed by atoms with Gasteiger partial charge >= 0.3 is 0 Å². The molecule has 0 saturated heterocycles. The summed E-state index contributed by atoms with van der Waals surface area (Å²) in [7, 11) is 1.39. The predicted octanol–water partition coefficient (Wildman–Crippen LogP) is 3.20. The number of phenols is 2. The Morgan fingerprint density at radius 2 is 1.75 bits per heavy atom. The zero-order valence-corrected chi connectivity index (χ0v) is 13.4. The highest BCUT2D eigenvalue weighted by atomic mass is 16.5. The molecule has 0 amide bonds. The first-order chi connectivity index (χ1) is 11.3. The Balaban J connectivity index is 2.37. The highest BCUT2D eigenvalue weighted by Crippen LogP contribution is 2.38. The number of phenolic OH excluding ortho intramolecular Hbond substituents is 2. The molecule has 6 nitrogen and oxygen atoms in total. The molecule has 1 heterocycles. The minimum absolute atomic E-state index is 0.0616. The summed E-state index contributed by atoms with van der Waals surface area (Å²) < 4.78 is 10.7. The summed E-state index contributed by atoms with van der Waals surface area (Å²) in [6.45, 7) is 3.46. The van der Waals surface area contributed by atoms with Gasteiger partial charge in [-0.05, 0) is 49.2 Å². The largest absolute Gasteiger partial charge is 0.507 e. The molecular weight excluding hydrogens is 312 g/mol. The van der Waals surface area contributed by atoms with Crippen LogP contribution in [0.25, 0.3) is 22.3 Å². The highest BCUT2D eigenvalue weighted by molar-refractivity contribution is 5.89. The molecule has 3 aromatic rings. The first-order valence-corrected chi connectivity index (χ1v) is 7.21. The summed E-state index contributed by atoms with van der Waals surface area (Å²) in [5.74, 6) is -0.781. The van der Waals surface area contributed by atoms with Crippen LogP contribution in [0.1, 0.15) is 11.1 Å². The van der Waals surface area contributed by atoms with Gasteiger partial charge in [-0.15, -0.1) is 0 Å². The molecule has 0 aliphatic heterocycles. The zero-order valence-electron chi connectivity index (χ0n) is 13.4. The Morgan fingerprint density at radius 3 is 2.42 bits per heavy atom. The quantitative estimate of drug-likeness (QED) is 0.668. The Morgan fingerprint density at radius 1 is 1.04 bits per heavy atom. The molecule has 0 radical (unpaired) electrons. The summed E-state index contributed by atoms with van der Waals surface area (Å²) in [6, 6.07) is 5.94. The standard InChI is InChI=1S/C18H16O6/c1-8-6-13-14(15(20)9(8)2)16(21)17(22)18(24-13)10-4-5-11(19)12(7-10)23-3/h4-7,19-20,22H,1-3H3. The van der Waals surface area contributed by atoms with E-state index in [9.17, 15) is 20.1 Å². The molecule has 0 saturated carbocycles. The Kier molecular flexibility index (Phi) is 3.60. The SMILES string of the molecule is COc1cc(-c2oc3cc(C)c(C)c(O)c3c(=O)c2O)ccc1O. The molecule has 0 spiro atoms. The number of ether oxygens (including phenoxy) is 1. The van der Waals surface area contributed by atoms with Crippen molar-refractivity contribution in [1.29, 1.82) is 0 Å². The molecule has 1 aromatic heterocycles.